The van der Waals surface area contributed by atoms with Gasteiger partial charge in [-0.15, -0.1) is 11.3 Å². The molecule has 0 radical (unpaired) electrons. The van der Waals surface area contributed by atoms with Crippen LogP contribution in [0.4, 0.5) is 10.6 Å². The SMILES string of the molecule is Cc1ncc(-c2cc3cc(NC(=O)N4CCOCC4)ncc3cn2)s1. The number of aryl methyl sites for hydroxylation is 1. The lowest BCUT2D eigenvalue weighted by Gasteiger charge is -2.26. The summed E-state index contributed by atoms with van der Waals surface area (Å²) in [6.45, 7) is 4.30. The lowest BCUT2D eigenvalue weighted by molar-refractivity contribution is 0.0564. The number of urea groups is 1. The number of carbonyl (C=O) groups excluding carboxylic acids is 1. The molecule has 3 aromatic rings. The number of anilines is 1. The number of pyridine rings is 2. The summed E-state index contributed by atoms with van der Waals surface area (Å²) >= 11 is 1.61. The van der Waals surface area contributed by atoms with Crippen molar-refractivity contribution in [1.29, 1.82) is 0 Å². The van der Waals surface area contributed by atoms with Gasteiger partial charge in [-0.3, -0.25) is 10.3 Å². The maximum Gasteiger partial charge on any atom is 0.323 e. The molecule has 0 aromatic carbocycles. The molecule has 3 aromatic heterocycles. The minimum atomic E-state index is -0.150. The van der Waals surface area contributed by atoms with Crippen LogP contribution in [0.25, 0.3) is 21.3 Å². The van der Waals surface area contributed by atoms with E-state index in [0.29, 0.717) is 32.1 Å². The van der Waals surface area contributed by atoms with Gasteiger partial charge in [0.1, 0.15) is 5.82 Å². The van der Waals surface area contributed by atoms with E-state index in [0.717, 1.165) is 26.4 Å². The van der Waals surface area contributed by atoms with Crippen molar-refractivity contribution in [3.8, 4) is 10.6 Å². The smallest absolute Gasteiger partial charge is 0.323 e. The lowest BCUT2D eigenvalue weighted by atomic mass is 10.2. The number of thiazole rings is 1. The molecule has 0 unspecified atom stereocenters. The summed E-state index contributed by atoms with van der Waals surface area (Å²) in [5, 5.41) is 5.76. The van der Waals surface area contributed by atoms with Crippen LogP contribution in [-0.4, -0.2) is 52.2 Å². The quantitative estimate of drug-likeness (QED) is 0.764. The van der Waals surface area contributed by atoms with Crippen LogP contribution in [-0.2, 0) is 4.74 Å². The molecule has 0 aliphatic carbocycles. The van der Waals surface area contributed by atoms with E-state index in [9.17, 15) is 4.79 Å². The highest BCUT2D eigenvalue weighted by Gasteiger charge is 2.17. The van der Waals surface area contributed by atoms with Crippen LogP contribution in [0.5, 0.6) is 0 Å². The molecule has 4 heterocycles. The number of aromatic nitrogens is 3. The molecule has 1 aliphatic rings. The second-order valence-corrected chi connectivity index (χ2v) is 6.99. The minimum absolute atomic E-state index is 0.150. The van der Waals surface area contributed by atoms with Gasteiger partial charge in [-0.25, -0.2) is 14.8 Å². The van der Waals surface area contributed by atoms with E-state index in [4.69, 9.17) is 4.74 Å². The number of hydrogen-bond acceptors (Lipinski definition) is 6. The maximum absolute atomic E-state index is 12.3. The Hall–Kier alpha value is -2.58. The van der Waals surface area contributed by atoms with Crippen molar-refractivity contribution in [2.24, 2.45) is 0 Å². The Balaban J connectivity index is 1.59. The number of rotatable bonds is 2. The molecule has 0 bridgehead atoms. The van der Waals surface area contributed by atoms with E-state index in [2.05, 4.69) is 20.3 Å². The number of nitrogens with zero attached hydrogens (tertiary/aromatic N) is 4. The van der Waals surface area contributed by atoms with Crippen LogP contribution in [0.2, 0.25) is 0 Å². The average molecular weight is 355 g/mol. The Kier molecular flexibility index (Phi) is 4.29. The Morgan fingerprint density at radius 2 is 1.92 bits per heavy atom. The van der Waals surface area contributed by atoms with Crippen molar-refractivity contribution in [1.82, 2.24) is 19.9 Å². The van der Waals surface area contributed by atoms with Gasteiger partial charge in [-0.1, -0.05) is 0 Å². The average Bonchev–Trinajstić information content (AvgIpc) is 3.08. The molecule has 4 rings (SSSR count). The van der Waals surface area contributed by atoms with Crippen molar-refractivity contribution >= 4 is 34.0 Å². The molecule has 1 N–H and O–H groups in total. The van der Waals surface area contributed by atoms with Crippen LogP contribution < -0.4 is 5.32 Å². The normalized spacial score (nSPS) is 14.7. The second kappa shape index (κ2) is 6.73. The van der Waals surface area contributed by atoms with Crippen molar-refractivity contribution < 1.29 is 9.53 Å². The van der Waals surface area contributed by atoms with Crippen molar-refractivity contribution in [2.75, 3.05) is 31.6 Å². The van der Waals surface area contributed by atoms with E-state index in [1.54, 1.807) is 28.6 Å². The topological polar surface area (TPSA) is 80.2 Å². The lowest BCUT2D eigenvalue weighted by Crippen LogP contribution is -2.43. The standard InChI is InChI=1S/C17H17N5O2S/c1-11-18-10-15(25-11)14-6-12-7-16(20-9-13(12)8-19-14)21-17(23)22-2-4-24-5-3-22/h6-10H,2-5H2,1H3,(H,20,21,23). The minimum Gasteiger partial charge on any atom is -0.378 e. The Morgan fingerprint density at radius 1 is 1.12 bits per heavy atom. The Morgan fingerprint density at radius 3 is 2.68 bits per heavy atom. The Bertz CT molecular complexity index is 920. The van der Waals surface area contributed by atoms with Gasteiger partial charge in [-0.05, 0) is 24.4 Å². The highest BCUT2D eigenvalue weighted by Crippen LogP contribution is 2.27. The monoisotopic (exact) mass is 355 g/mol. The van der Waals surface area contributed by atoms with E-state index >= 15 is 0 Å². The molecule has 25 heavy (non-hydrogen) atoms. The molecule has 0 spiro atoms. The summed E-state index contributed by atoms with van der Waals surface area (Å²) in [7, 11) is 0. The molecular formula is C17H17N5O2S. The van der Waals surface area contributed by atoms with Crippen molar-refractivity contribution in [3.63, 3.8) is 0 Å². The molecule has 128 valence electrons. The molecule has 0 atom stereocenters. The van der Waals surface area contributed by atoms with Crippen molar-refractivity contribution in [2.45, 2.75) is 6.92 Å². The van der Waals surface area contributed by atoms with Gasteiger partial charge in [-0.2, -0.15) is 0 Å². The predicted molar refractivity (Wildman–Crippen MR) is 96.8 cm³/mol. The summed E-state index contributed by atoms with van der Waals surface area (Å²) in [5.41, 5.74) is 0.870. The van der Waals surface area contributed by atoms with Gasteiger partial charge >= 0.3 is 6.03 Å². The van der Waals surface area contributed by atoms with Crippen LogP contribution >= 0.6 is 11.3 Å². The van der Waals surface area contributed by atoms with E-state index in [-0.39, 0.29) is 6.03 Å². The van der Waals surface area contributed by atoms with Gasteiger partial charge < -0.3 is 9.64 Å². The molecule has 2 amide bonds. The van der Waals surface area contributed by atoms with Gasteiger partial charge in [0.15, 0.2) is 0 Å². The zero-order valence-electron chi connectivity index (χ0n) is 13.7. The number of carbonyl (C=O) groups is 1. The summed E-state index contributed by atoms with van der Waals surface area (Å²) in [4.78, 5) is 28.1. The fraction of sp³-hybridized carbons (Fsp3) is 0.294. The number of fused-ring (bicyclic) bond motifs is 1. The molecule has 1 fully saturated rings. The number of nitrogens with one attached hydrogen (secondary N) is 1. The molecule has 7 nitrogen and oxygen atoms in total. The molecule has 8 heteroatoms. The largest absolute Gasteiger partial charge is 0.378 e. The van der Waals surface area contributed by atoms with E-state index in [1.165, 1.54) is 0 Å². The summed E-state index contributed by atoms with van der Waals surface area (Å²) < 4.78 is 5.27. The first-order valence-corrected chi connectivity index (χ1v) is 8.83. The van der Waals surface area contributed by atoms with Gasteiger partial charge in [0.05, 0.1) is 28.8 Å². The summed E-state index contributed by atoms with van der Waals surface area (Å²) in [6.07, 6.45) is 5.34. The zero-order chi connectivity index (χ0) is 17.2. The van der Waals surface area contributed by atoms with Gasteiger partial charge in [0.25, 0.3) is 0 Å². The zero-order valence-corrected chi connectivity index (χ0v) is 14.5. The molecular weight excluding hydrogens is 338 g/mol. The summed E-state index contributed by atoms with van der Waals surface area (Å²) in [5.74, 6) is 0.529. The van der Waals surface area contributed by atoms with Crippen molar-refractivity contribution in [3.05, 3.63) is 35.7 Å². The number of amides is 2. The van der Waals surface area contributed by atoms with Crippen LogP contribution in [0.15, 0.2) is 30.7 Å². The number of morpholine rings is 1. The van der Waals surface area contributed by atoms with Crippen LogP contribution in [0.1, 0.15) is 5.01 Å². The molecule has 0 saturated carbocycles. The Labute approximate surface area is 148 Å². The second-order valence-electron chi connectivity index (χ2n) is 5.76. The summed E-state index contributed by atoms with van der Waals surface area (Å²) in [6, 6.07) is 3.71. The first kappa shape index (κ1) is 15.9. The highest BCUT2D eigenvalue weighted by molar-refractivity contribution is 7.15. The van der Waals surface area contributed by atoms with Gasteiger partial charge in [0, 0.05) is 37.1 Å². The third-order valence-electron chi connectivity index (χ3n) is 4.01. The highest BCUT2D eigenvalue weighted by atomic mass is 32.1. The van der Waals surface area contributed by atoms with E-state index < -0.39 is 0 Å². The first-order chi connectivity index (χ1) is 12.2. The predicted octanol–water partition coefficient (Wildman–Crippen LogP) is 2.93. The molecule has 1 saturated heterocycles. The number of hydrogen-bond donors (Lipinski definition) is 1. The third-order valence-corrected chi connectivity index (χ3v) is 4.95. The molecule has 1 aliphatic heterocycles. The third kappa shape index (κ3) is 3.45. The van der Waals surface area contributed by atoms with Gasteiger partial charge in [0.2, 0.25) is 0 Å². The first-order valence-electron chi connectivity index (χ1n) is 8.01. The van der Waals surface area contributed by atoms with E-state index in [1.807, 2.05) is 25.3 Å². The van der Waals surface area contributed by atoms with Crippen LogP contribution in [0, 0.1) is 6.92 Å². The fourth-order valence-electron chi connectivity index (χ4n) is 2.68. The fourth-order valence-corrected chi connectivity index (χ4v) is 3.42. The number of ether oxygens (including phenoxy) is 1. The van der Waals surface area contributed by atoms with Crippen LogP contribution in [0.3, 0.4) is 0 Å². The maximum atomic E-state index is 12.3.